The van der Waals surface area contributed by atoms with E-state index in [-0.39, 0.29) is 18.8 Å². The number of rotatable bonds is 4. The van der Waals surface area contributed by atoms with Crippen molar-refractivity contribution in [2.45, 2.75) is 0 Å². The third-order valence-corrected chi connectivity index (χ3v) is 1.27. The van der Waals surface area contributed by atoms with Crippen LogP contribution in [0.25, 0.3) is 0 Å². The highest BCUT2D eigenvalue weighted by atomic mass is 79.9. The van der Waals surface area contributed by atoms with Gasteiger partial charge in [0.15, 0.2) is 0 Å². The SMILES string of the molecule is C=C(COCC#CBr)C(=O)OC. The summed E-state index contributed by atoms with van der Waals surface area (Å²) < 4.78 is 9.36. The van der Waals surface area contributed by atoms with Crippen LogP contribution >= 0.6 is 15.9 Å². The monoisotopic (exact) mass is 232 g/mol. The third kappa shape index (κ3) is 4.94. The maximum absolute atomic E-state index is 10.7. The van der Waals surface area contributed by atoms with Gasteiger partial charge in [-0.3, -0.25) is 0 Å². The van der Waals surface area contributed by atoms with Crippen molar-refractivity contribution in [1.29, 1.82) is 0 Å². The quantitative estimate of drug-likeness (QED) is 0.315. The second-order valence-electron chi connectivity index (χ2n) is 1.86. The van der Waals surface area contributed by atoms with Crippen molar-refractivity contribution in [2.24, 2.45) is 0 Å². The van der Waals surface area contributed by atoms with Gasteiger partial charge in [0, 0.05) is 15.9 Å². The Hall–Kier alpha value is -0.790. The van der Waals surface area contributed by atoms with Crippen LogP contribution in [0.15, 0.2) is 12.2 Å². The second-order valence-corrected chi connectivity index (χ2v) is 2.26. The molecule has 0 rings (SSSR count). The van der Waals surface area contributed by atoms with Crippen molar-refractivity contribution < 1.29 is 14.3 Å². The molecule has 0 aromatic carbocycles. The summed E-state index contributed by atoms with van der Waals surface area (Å²) in [7, 11) is 1.30. The van der Waals surface area contributed by atoms with Gasteiger partial charge in [-0.2, -0.15) is 0 Å². The largest absolute Gasteiger partial charge is 0.466 e. The summed E-state index contributed by atoms with van der Waals surface area (Å²) >= 11 is 2.90. The molecule has 0 radical (unpaired) electrons. The Morgan fingerprint density at radius 1 is 1.67 bits per heavy atom. The highest BCUT2D eigenvalue weighted by molar-refractivity contribution is 9.12. The Labute approximate surface area is 79.9 Å². The van der Waals surface area contributed by atoms with Gasteiger partial charge in [-0.15, -0.1) is 0 Å². The summed E-state index contributed by atoms with van der Waals surface area (Å²) in [4.78, 5) is 13.2. The van der Waals surface area contributed by atoms with Crippen molar-refractivity contribution in [2.75, 3.05) is 20.3 Å². The second kappa shape index (κ2) is 6.89. The van der Waals surface area contributed by atoms with E-state index in [0.717, 1.165) is 0 Å². The molecular weight excluding hydrogens is 224 g/mol. The number of carbonyl (C=O) groups excluding carboxylic acids is 1. The van der Waals surface area contributed by atoms with Gasteiger partial charge >= 0.3 is 5.97 Å². The molecule has 0 atom stereocenters. The lowest BCUT2D eigenvalue weighted by atomic mass is 10.3. The van der Waals surface area contributed by atoms with Crippen LogP contribution in [0.1, 0.15) is 0 Å². The van der Waals surface area contributed by atoms with E-state index < -0.39 is 5.97 Å². The molecule has 0 saturated heterocycles. The minimum absolute atomic E-state index is 0.147. The molecule has 12 heavy (non-hydrogen) atoms. The standard InChI is InChI=1S/C8H9BrO3/c1-7(8(10)11-2)6-12-5-3-4-9/h1,5-6H2,2H3. The first-order valence-corrected chi connectivity index (χ1v) is 3.94. The van der Waals surface area contributed by atoms with Crippen molar-refractivity contribution in [3.8, 4) is 10.8 Å². The van der Waals surface area contributed by atoms with Gasteiger partial charge in [-0.05, 0) is 4.83 Å². The van der Waals surface area contributed by atoms with Gasteiger partial charge in [0.2, 0.25) is 0 Å². The van der Waals surface area contributed by atoms with E-state index in [2.05, 4.69) is 38.0 Å². The van der Waals surface area contributed by atoms with E-state index in [0.29, 0.717) is 0 Å². The molecule has 0 unspecified atom stereocenters. The van der Waals surface area contributed by atoms with Gasteiger partial charge < -0.3 is 9.47 Å². The zero-order chi connectivity index (χ0) is 9.40. The highest BCUT2D eigenvalue weighted by Crippen LogP contribution is 1.93. The fourth-order valence-corrected chi connectivity index (χ4v) is 0.570. The Morgan fingerprint density at radius 3 is 2.83 bits per heavy atom. The Morgan fingerprint density at radius 2 is 2.33 bits per heavy atom. The highest BCUT2D eigenvalue weighted by Gasteiger charge is 2.04. The molecule has 0 aliphatic rings. The average Bonchev–Trinajstić information content (AvgIpc) is 2.10. The molecule has 0 aromatic heterocycles. The van der Waals surface area contributed by atoms with Gasteiger partial charge in [0.1, 0.15) is 6.61 Å². The van der Waals surface area contributed by atoms with Crippen molar-refractivity contribution in [3.63, 3.8) is 0 Å². The van der Waals surface area contributed by atoms with E-state index in [4.69, 9.17) is 4.74 Å². The van der Waals surface area contributed by atoms with E-state index in [9.17, 15) is 4.79 Å². The molecule has 0 aromatic rings. The fraction of sp³-hybridized carbons (Fsp3) is 0.375. The third-order valence-electron chi connectivity index (χ3n) is 0.991. The Kier molecular flexibility index (Phi) is 6.44. The molecule has 0 fully saturated rings. The van der Waals surface area contributed by atoms with Crippen molar-refractivity contribution in [1.82, 2.24) is 0 Å². The minimum Gasteiger partial charge on any atom is -0.466 e. The van der Waals surface area contributed by atoms with Crippen LogP contribution in [0, 0.1) is 10.8 Å². The minimum atomic E-state index is -0.457. The Bertz CT molecular complexity index is 224. The predicted molar refractivity (Wildman–Crippen MR) is 48.7 cm³/mol. The molecule has 0 aliphatic carbocycles. The first kappa shape index (κ1) is 11.2. The maximum atomic E-state index is 10.7. The lowest BCUT2D eigenvalue weighted by Crippen LogP contribution is -2.09. The number of halogens is 1. The summed E-state index contributed by atoms with van der Waals surface area (Å²) in [6, 6.07) is 0. The summed E-state index contributed by atoms with van der Waals surface area (Å²) in [5.74, 6) is 2.16. The molecule has 0 heterocycles. The molecule has 0 aliphatic heterocycles. The molecule has 0 N–H and O–H groups in total. The van der Waals surface area contributed by atoms with E-state index in [1.165, 1.54) is 7.11 Å². The van der Waals surface area contributed by atoms with Crippen molar-refractivity contribution >= 4 is 21.9 Å². The lowest BCUT2D eigenvalue weighted by Gasteiger charge is -2.01. The molecule has 0 amide bonds. The van der Waals surface area contributed by atoms with Gasteiger partial charge in [-0.1, -0.05) is 12.5 Å². The summed E-state index contributed by atoms with van der Waals surface area (Å²) in [5, 5.41) is 0. The molecule has 0 saturated carbocycles. The first-order valence-electron chi connectivity index (χ1n) is 3.14. The fourth-order valence-electron chi connectivity index (χ4n) is 0.456. The van der Waals surface area contributed by atoms with Gasteiger partial charge in [0.25, 0.3) is 0 Å². The van der Waals surface area contributed by atoms with Crippen LogP contribution in [0.4, 0.5) is 0 Å². The van der Waals surface area contributed by atoms with Crippen LogP contribution in [0.3, 0.4) is 0 Å². The summed E-state index contributed by atoms with van der Waals surface area (Å²) in [6.07, 6.45) is 0. The van der Waals surface area contributed by atoms with E-state index in [1.807, 2.05) is 0 Å². The number of esters is 1. The van der Waals surface area contributed by atoms with Gasteiger partial charge in [0.05, 0.1) is 19.3 Å². The number of hydrogen-bond donors (Lipinski definition) is 0. The number of ether oxygens (including phenoxy) is 2. The Balaban J connectivity index is 3.55. The van der Waals surface area contributed by atoms with Crippen LogP contribution in [0.2, 0.25) is 0 Å². The molecule has 66 valence electrons. The first-order chi connectivity index (χ1) is 5.72. The van der Waals surface area contributed by atoms with Gasteiger partial charge in [-0.25, -0.2) is 4.79 Å². The summed E-state index contributed by atoms with van der Waals surface area (Å²) in [6.45, 7) is 3.88. The number of methoxy groups -OCH3 is 1. The van der Waals surface area contributed by atoms with Crippen LogP contribution in [0.5, 0.6) is 0 Å². The maximum Gasteiger partial charge on any atom is 0.335 e. The molecular formula is C8H9BrO3. The van der Waals surface area contributed by atoms with E-state index >= 15 is 0 Å². The predicted octanol–water partition coefficient (Wildman–Crippen LogP) is 1.09. The molecule has 0 bridgehead atoms. The number of hydrogen-bond acceptors (Lipinski definition) is 3. The lowest BCUT2D eigenvalue weighted by molar-refractivity contribution is -0.136. The number of carbonyl (C=O) groups is 1. The van der Waals surface area contributed by atoms with E-state index in [1.54, 1.807) is 0 Å². The zero-order valence-corrected chi connectivity index (χ0v) is 8.31. The normalized spacial score (nSPS) is 8.17. The molecule has 0 spiro atoms. The van der Waals surface area contributed by atoms with Crippen LogP contribution < -0.4 is 0 Å². The van der Waals surface area contributed by atoms with Crippen LogP contribution in [-0.4, -0.2) is 26.3 Å². The zero-order valence-electron chi connectivity index (χ0n) is 6.72. The molecule has 4 heteroatoms. The average molecular weight is 233 g/mol. The topological polar surface area (TPSA) is 35.5 Å². The summed E-state index contributed by atoms with van der Waals surface area (Å²) in [5.41, 5.74) is 0.286. The van der Waals surface area contributed by atoms with Crippen molar-refractivity contribution in [3.05, 3.63) is 12.2 Å². The smallest absolute Gasteiger partial charge is 0.335 e. The van der Waals surface area contributed by atoms with Crippen LogP contribution in [-0.2, 0) is 14.3 Å². The molecule has 3 nitrogen and oxygen atoms in total.